The van der Waals surface area contributed by atoms with Crippen molar-refractivity contribution in [3.63, 3.8) is 0 Å². The lowest BCUT2D eigenvalue weighted by molar-refractivity contribution is -0.118. The van der Waals surface area contributed by atoms with Gasteiger partial charge in [-0.3, -0.25) is 9.89 Å². The summed E-state index contributed by atoms with van der Waals surface area (Å²) in [7, 11) is 0. The molecule has 0 saturated heterocycles. The van der Waals surface area contributed by atoms with Crippen molar-refractivity contribution in [3.05, 3.63) is 69.0 Å². The second-order valence-corrected chi connectivity index (χ2v) is 9.07. The third-order valence-electron chi connectivity index (χ3n) is 6.26. The molecule has 1 spiro atoms. The van der Waals surface area contributed by atoms with E-state index in [1.54, 1.807) is 0 Å². The first-order chi connectivity index (χ1) is 16.4. The van der Waals surface area contributed by atoms with Crippen molar-refractivity contribution in [2.45, 2.75) is 32.1 Å². The largest absolute Gasteiger partial charge is 0.494 e. The highest BCUT2D eigenvalue weighted by atomic mass is 79.9. The lowest BCUT2D eigenvalue weighted by Gasteiger charge is -2.32. The summed E-state index contributed by atoms with van der Waals surface area (Å²) in [5.41, 5.74) is 8.56. The number of carbonyl (C=O) groups is 1. The zero-order valence-electron chi connectivity index (χ0n) is 18.7. The quantitative estimate of drug-likeness (QED) is 0.421. The predicted octanol–water partition coefficient (Wildman–Crippen LogP) is 4.65. The lowest BCUT2D eigenvalue weighted by atomic mass is 9.68. The Bertz CT molecular complexity index is 1390. The summed E-state index contributed by atoms with van der Waals surface area (Å²) in [5.74, 6) is 0.371. The van der Waals surface area contributed by atoms with E-state index in [0.717, 1.165) is 29.7 Å². The van der Waals surface area contributed by atoms with Crippen LogP contribution in [0.3, 0.4) is 0 Å². The van der Waals surface area contributed by atoms with Crippen LogP contribution in [0.2, 0.25) is 0 Å². The van der Waals surface area contributed by atoms with Gasteiger partial charge in [0.25, 0.3) is 0 Å². The first kappa shape index (κ1) is 22.0. The van der Waals surface area contributed by atoms with Gasteiger partial charge >= 0.3 is 0 Å². The molecule has 0 saturated carbocycles. The van der Waals surface area contributed by atoms with Crippen molar-refractivity contribution in [2.24, 2.45) is 5.73 Å². The van der Waals surface area contributed by atoms with Gasteiger partial charge in [0, 0.05) is 21.3 Å². The summed E-state index contributed by atoms with van der Waals surface area (Å²) in [6, 6.07) is 13.4. The number of nitrogens with one attached hydrogen (secondary N) is 2. The van der Waals surface area contributed by atoms with Gasteiger partial charge in [0.2, 0.25) is 17.7 Å². The van der Waals surface area contributed by atoms with Gasteiger partial charge in [-0.25, -0.2) is 0 Å². The maximum absolute atomic E-state index is 13.7. The molecular weight excluding hydrogens is 498 g/mol. The maximum Gasteiger partial charge on any atom is 0.245 e. The zero-order chi connectivity index (χ0) is 24.0. The number of hydrogen-bond acceptors (Lipinski definition) is 6. The van der Waals surface area contributed by atoms with Crippen LogP contribution in [0.15, 0.2) is 52.3 Å². The number of amides is 1. The van der Waals surface area contributed by atoms with Crippen molar-refractivity contribution in [3.8, 4) is 29.0 Å². The predicted molar refractivity (Wildman–Crippen MR) is 130 cm³/mol. The van der Waals surface area contributed by atoms with Crippen molar-refractivity contribution < 1.29 is 14.3 Å². The van der Waals surface area contributed by atoms with E-state index in [2.05, 4.69) is 44.4 Å². The monoisotopic (exact) mass is 519 g/mol. The molecule has 2 aliphatic rings. The van der Waals surface area contributed by atoms with Gasteiger partial charge in [-0.15, -0.1) is 5.10 Å². The van der Waals surface area contributed by atoms with Gasteiger partial charge in [-0.05, 0) is 49.2 Å². The molecule has 3 heterocycles. The summed E-state index contributed by atoms with van der Waals surface area (Å²) in [6.07, 6.45) is 2.03. The Labute approximate surface area is 204 Å². The molecule has 4 N–H and O–H groups in total. The number of nitrogens with two attached hydrogens (primary N) is 1. The Morgan fingerprint density at radius 1 is 1.24 bits per heavy atom. The Balaban J connectivity index is 1.73. The third-order valence-corrected chi connectivity index (χ3v) is 7.28. The number of nitriles is 1. The third kappa shape index (κ3) is 3.02. The van der Waals surface area contributed by atoms with Gasteiger partial charge in [0.05, 0.1) is 17.9 Å². The van der Waals surface area contributed by atoms with Crippen LogP contribution in [-0.4, -0.2) is 22.7 Å². The van der Waals surface area contributed by atoms with E-state index >= 15 is 0 Å². The highest BCUT2D eigenvalue weighted by molar-refractivity contribution is 9.10. The molecule has 9 heteroatoms. The number of rotatable bonds is 5. The van der Waals surface area contributed by atoms with Crippen molar-refractivity contribution in [1.29, 1.82) is 5.26 Å². The molecule has 0 aliphatic carbocycles. The van der Waals surface area contributed by atoms with Crippen LogP contribution in [0.1, 0.15) is 36.5 Å². The van der Waals surface area contributed by atoms with Crippen molar-refractivity contribution in [2.75, 3.05) is 11.9 Å². The standard InChI is InChI=1S/C25H22BrN5O3/c1-3-4-11-33-15-8-6-14(7-9-15)21-19-23(31-30-21)34-22(28)16(12-27)25(19)18-17(29-24(25)32)10-5-13(2)20(18)26/h5-10H,3-4,11,28H2,1-2H3,(H,29,32)(H,30,31). The minimum Gasteiger partial charge on any atom is -0.494 e. The van der Waals surface area contributed by atoms with Crippen LogP contribution < -0.4 is 20.5 Å². The van der Waals surface area contributed by atoms with E-state index in [1.165, 1.54) is 0 Å². The number of H-pyrrole nitrogens is 1. The van der Waals surface area contributed by atoms with Crippen LogP contribution in [0.5, 0.6) is 11.6 Å². The number of aromatic amines is 1. The lowest BCUT2D eigenvalue weighted by Crippen LogP contribution is -2.42. The normalized spacial score (nSPS) is 18.2. The molecule has 0 bridgehead atoms. The number of nitrogens with zero attached hydrogens (tertiary/aromatic N) is 2. The molecule has 1 atom stereocenters. The number of hydrogen-bond donors (Lipinski definition) is 3. The first-order valence-corrected chi connectivity index (χ1v) is 11.7. The minimum atomic E-state index is -1.52. The fourth-order valence-electron chi connectivity index (χ4n) is 4.57. The van der Waals surface area contributed by atoms with E-state index in [4.69, 9.17) is 15.2 Å². The number of aryl methyl sites for hydroxylation is 1. The number of benzene rings is 2. The van der Waals surface area contributed by atoms with Gasteiger partial charge in [-0.2, -0.15) is 5.26 Å². The smallest absolute Gasteiger partial charge is 0.245 e. The van der Waals surface area contributed by atoms with E-state index in [-0.39, 0.29) is 23.2 Å². The first-order valence-electron chi connectivity index (χ1n) is 10.9. The van der Waals surface area contributed by atoms with Crippen molar-refractivity contribution in [1.82, 2.24) is 10.2 Å². The van der Waals surface area contributed by atoms with E-state index < -0.39 is 5.41 Å². The molecule has 5 rings (SSSR count). The molecule has 34 heavy (non-hydrogen) atoms. The fourth-order valence-corrected chi connectivity index (χ4v) is 5.21. The van der Waals surface area contributed by atoms with E-state index in [1.807, 2.05) is 43.3 Å². The van der Waals surface area contributed by atoms with Crippen LogP contribution in [0.25, 0.3) is 11.3 Å². The van der Waals surface area contributed by atoms with Crippen molar-refractivity contribution >= 4 is 27.5 Å². The van der Waals surface area contributed by atoms with Crippen LogP contribution >= 0.6 is 15.9 Å². The van der Waals surface area contributed by atoms with Gasteiger partial charge in [0.15, 0.2) is 0 Å². The summed E-state index contributed by atoms with van der Waals surface area (Å²) in [4.78, 5) is 13.7. The Kier molecular flexibility index (Phi) is 5.33. The topological polar surface area (TPSA) is 126 Å². The van der Waals surface area contributed by atoms with Gasteiger partial charge < -0.3 is 20.5 Å². The number of anilines is 1. The Morgan fingerprint density at radius 2 is 2.00 bits per heavy atom. The molecule has 1 amide bonds. The van der Waals surface area contributed by atoms with Crippen LogP contribution in [0, 0.1) is 18.3 Å². The highest BCUT2D eigenvalue weighted by Crippen LogP contribution is 2.57. The molecule has 0 fully saturated rings. The average molecular weight is 520 g/mol. The SMILES string of the molecule is CCCCOc1ccc(-c2[nH]nc3c2C2(C(=O)Nc4ccc(C)c(Br)c42)C(C#N)=C(N)O3)cc1. The Hall–Kier alpha value is -3.77. The molecule has 3 aromatic rings. The average Bonchev–Trinajstić information content (AvgIpc) is 3.37. The second-order valence-electron chi connectivity index (χ2n) is 8.28. The highest BCUT2D eigenvalue weighted by Gasteiger charge is 2.59. The fraction of sp³-hybridized carbons (Fsp3) is 0.240. The number of ether oxygens (including phenoxy) is 2. The molecule has 1 unspecified atom stereocenters. The van der Waals surface area contributed by atoms with E-state index in [9.17, 15) is 10.1 Å². The summed E-state index contributed by atoms with van der Waals surface area (Å²) in [5, 5.41) is 20.4. The number of aromatic nitrogens is 2. The summed E-state index contributed by atoms with van der Waals surface area (Å²) < 4.78 is 12.2. The van der Waals surface area contributed by atoms with Crippen LogP contribution in [-0.2, 0) is 10.2 Å². The minimum absolute atomic E-state index is 0.0183. The zero-order valence-corrected chi connectivity index (χ0v) is 20.2. The molecule has 1 aromatic heterocycles. The molecule has 8 nitrogen and oxygen atoms in total. The second kappa shape index (κ2) is 8.22. The number of unbranched alkanes of at least 4 members (excludes halogenated alkanes) is 1. The van der Waals surface area contributed by atoms with Gasteiger partial charge in [0.1, 0.15) is 22.8 Å². The summed E-state index contributed by atoms with van der Waals surface area (Å²) >= 11 is 3.65. The molecule has 172 valence electrons. The number of halogens is 1. The molecule has 2 aliphatic heterocycles. The van der Waals surface area contributed by atoms with Gasteiger partial charge in [-0.1, -0.05) is 35.3 Å². The van der Waals surface area contributed by atoms with E-state index in [0.29, 0.717) is 33.6 Å². The van der Waals surface area contributed by atoms with Crippen LogP contribution in [0.4, 0.5) is 5.69 Å². The number of fused-ring (bicyclic) bond motifs is 4. The number of carbonyl (C=O) groups excluding carboxylic acids is 1. The Morgan fingerprint density at radius 3 is 2.71 bits per heavy atom. The molecule has 0 radical (unpaired) electrons. The summed E-state index contributed by atoms with van der Waals surface area (Å²) in [6.45, 7) is 4.68. The molecular formula is C25H22BrN5O3. The maximum atomic E-state index is 13.7. The molecule has 2 aromatic carbocycles.